The Morgan fingerprint density at radius 3 is 2.57 bits per heavy atom. The molecule has 1 atom stereocenters. The Balaban J connectivity index is 1.65. The van der Waals surface area contributed by atoms with Crippen molar-refractivity contribution in [1.82, 2.24) is 5.32 Å². The first kappa shape index (κ1) is 17.2. The molecule has 0 bridgehead atoms. The number of amides is 1. The summed E-state index contributed by atoms with van der Waals surface area (Å²) in [5, 5.41) is 16.3. The van der Waals surface area contributed by atoms with E-state index in [1.807, 2.05) is 0 Å². The minimum Gasteiger partial charge on any atom is -0.385 e. The number of sulfone groups is 1. The number of anilines is 1. The number of non-ortho nitro benzene ring substituents is 1. The van der Waals surface area contributed by atoms with Gasteiger partial charge in [0.05, 0.1) is 16.4 Å². The summed E-state index contributed by atoms with van der Waals surface area (Å²) in [5.74, 6) is 0.0111. The molecule has 0 aliphatic carbocycles. The van der Waals surface area contributed by atoms with Crippen LogP contribution in [0.2, 0.25) is 0 Å². The first-order valence-electron chi connectivity index (χ1n) is 7.34. The zero-order valence-electron chi connectivity index (χ0n) is 12.5. The summed E-state index contributed by atoms with van der Waals surface area (Å²) in [6.45, 7) is 0.550. The average Bonchev–Trinajstić information content (AvgIpc) is 2.83. The SMILES string of the molecule is O=C(CCCNc1ccc([N+](=O)[O-])cc1)NC1CCS(=O)(=O)C1. The number of carbonyl (C=O) groups excluding carboxylic acids is 1. The summed E-state index contributed by atoms with van der Waals surface area (Å²) >= 11 is 0. The number of nitro groups is 1. The zero-order valence-corrected chi connectivity index (χ0v) is 13.3. The Hall–Kier alpha value is -2.16. The van der Waals surface area contributed by atoms with Crippen LogP contribution in [-0.4, -0.2) is 43.3 Å². The monoisotopic (exact) mass is 341 g/mol. The van der Waals surface area contributed by atoms with Gasteiger partial charge >= 0.3 is 0 Å². The van der Waals surface area contributed by atoms with Crippen LogP contribution < -0.4 is 10.6 Å². The van der Waals surface area contributed by atoms with Crippen LogP contribution in [-0.2, 0) is 14.6 Å². The third-order valence-corrected chi connectivity index (χ3v) is 5.35. The molecule has 1 aliphatic heterocycles. The van der Waals surface area contributed by atoms with Gasteiger partial charge in [-0.1, -0.05) is 0 Å². The fourth-order valence-corrected chi connectivity index (χ4v) is 4.06. The molecular formula is C14H19N3O5S. The number of benzene rings is 1. The van der Waals surface area contributed by atoms with Crippen LogP contribution in [0.1, 0.15) is 19.3 Å². The van der Waals surface area contributed by atoms with Crippen LogP contribution in [0.3, 0.4) is 0 Å². The highest BCUT2D eigenvalue weighted by molar-refractivity contribution is 7.91. The Bertz CT molecular complexity index is 672. The van der Waals surface area contributed by atoms with Crippen molar-refractivity contribution >= 4 is 27.1 Å². The fraction of sp³-hybridized carbons (Fsp3) is 0.500. The van der Waals surface area contributed by atoms with E-state index in [0.29, 0.717) is 25.8 Å². The smallest absolute Gasteiger partial charge is 0.269 e. The summed E-state index contributed by atoms with van der Waals surface area (Å²) in [7, 11) is -2.99. The quantitative estimate of drug-likeness (QED) is 0.435. The van der Waals surface area contributed by atoms with Crippen LogP contribution in [0.4, 0.5) is 11.4 Å². The number of nitrogens with one attached hydrogen (secondary N) is 2. The normalized spacial score (nSPS) is 19.2. The van der Waals surface area contributed by atoms with Crippen LogP contribution in [0.25, 0.3) is 0 Å². The lowest BCUT2D eigenvalue weighted by Crippen LogP contribution is -2.35. The maximum atomic E-state index is 11.7. The van der Waals surface area contributed by atoms with Gasteiger partial charge in [-0.05, 0) is 25.0 Å². The number of carbonyl (C=O) groups is 1. The molecular weight excluding hydrogens is 322 g/mol. The van der Waals surface area contributed by atoms with E-state index in [-0.39, 0.29) is 29.1 Å². The Morgan fingerprint density at radius 1 is 1.30 bits per heavy atom. The summed E-state index contributed by atoms with van der Waals surface area (Å²) in [6.07, 6.45) is 1.37. The van der Waals surface area contributed by atoms with Crippen molar-refractivity contribution < 1.29 is 18.1 Å². The van der Waals surface area contributed by atoms with Crippen LogP contribution in [0, 0.1) is 10.1 Å². The molecule has 0 aromatic heterocycles. The molecule has 1 aromatic carbocycles. The Labute approximate surface area is 134 Å². The van der Waals surface area contributed by atoms with E-state index in [0.717, 1.165) is 5.69 Å². The van der Waals surface area contributed by atoms with Crippen molar-refractivity contribution in [3.05, 3.63) is 34.4 Å². The van der Waals surface area contributed by atoms with Crippen molar-refractivity contribution in [3.63, 3.8) is 0 Å². The number of hydrogen-bond acceptors (Lipinski definition) is 6. The highest BCUT2D eigenvalue weighted by atomic mass is 32.2. The van der Waals surface area contributed by atoms with E-state index in [1.54, 1.807) is 12.1 Å². The second kappa shape index (κ2) is 7.40. The molecule has 1 amide bonds. The molecule has 23 heavy (non-hydrogen) atoms. The van der Waals surface area contributed by atoms with Crippen molar-refractivity contribution in [3.8, 4) is 0 Å². The van der Waals surface area contributed by atoms with E-state index < -0.39 is 14.8 Å². The maximum absolute atomic E-state index is 11.7. The summed E-state index contributed by atoms with van der Waals surface area (Å²) in [5.41, 5.74) is 0.777. The van der Waals surface area contributed by atoms with Gasteiger partial charge in [-0.25, -0.2) is 8.42 Å². The topological polar surface area (TPSA) is 118 Å². The summed E-state index contributed by atoms with van der Waals surface area (Å²) < 4.78 is 22.6. The fourth-order valence-electron chi connectivity index (χ4n) is 2.39. The second-order valence-electron chi connectivity index (χ2n) is 5.50. The lowest BCUT2D eigenvalue weighted by molar-refractivity contribution is -0.384. The predicted octanol–water partition coefficient (Wildman–Crippen LogP) is 1.09. The van der Waals surface area contributed by atoms with Crippen LogP contribution >= 0.6 is 0 Å². The predicted molar refractivity (Wildman–Crippen MR) is 86.0 cm³/mol. The van der Waals surface area contributed by atoms with Crippen LogP contribution in [0.5, 0.6) is 0 Å². The van der Waals surface area contributed by atoms with Crippen molar-refractivity contribution in [2.45, 2.75) is 25.3 Å². The molecule has 1 aliphatic rings. The first-order valence-corrected chi connectivity index (χ1v) is 9.16. The minimum absolute atomic E-state index is 0.0276. The standard InChI is InChI=1S/C14H19N3O5S/c18-14(16-12-7-9-23(21,22)10-12)2-1-8-15-11-3-5-13(6-4-11)17(19)20/h3-6,12,15H,1-2,7-10H2,(H,16,18). The van der Waals surface area contributed by atoms with Gasteiger partial charge in [0.25, 0.3) is 5.69 Å². The van der Waals surface area contributed by atoms with Gasteiger partial charge in [0.15, 0.2) is 9.84 Å². The van der Waals surface area contributed by atoms with E-state index in [1.165, 1.54) is 12.1 Å². The van der Waals surface area contributed by atoms with E-state index in [9.17, 15) is 23.3 Å². The maximum Gasteiger partial charge on any atom is 0.269 e. The Morgan fingerprint density at radius 2 is 2.00 bits per heavy atom. The van der Waals surface area contributed by atoms with Gasteiger partial charge in [-0.2, -0.15) is 0 Å². The molecule has 1 saturated heterocycles. The van der Waals surface area contributed by atoms with E-state index in [4.69, 9.17) is 0 Å². The molecule has 1 heterocycles. The van der Waals surface area contributed by atoms with Gasteiger partial charge in [0.2, 0.25) is 5.91 Å². The molecule has 1 unspecified atom stereocenters. The highest BCUT2D eigenvalue weighted by Crippen LogP contribution is 2.15. The van der Waals surface area contributed by atoms with Gasteiger partial charge in [0.1, 0.15) is 0 Å². The lowest BCUT2D eigenvalue weighted by atomic mass is 10.2. The molecule has 126 valence electrons. The number of nitrogens with zero attached hydrogens (tertiary/aromatic N) is 1. The molecule has 0 saturated carbocycles. The minimum atomic E-state index is -2.99. The van der Waals surface area contributed by atoms with E-state index in [2.05, 4.69) is 10.6 Å². The molecule has 0 spiro atoms. The number of hydrogen-bond donors (Lipinski definition) is 2. The third-order valence-electron chi connectivity index (χ3n) is 3.59. The summed E-state index contributed by atoms with van der Waals surface area (Å²) in [4.78, 5) is 21.8. The van der Waals surface area contributed by atoms with Gasteiger partial charge in [-0.3, -0.25) is 14.9 Å². The van der Waals surface area contributed by atoms with E-state index >= 15 is 0 Å². The van der Waals surface area contributed by atoms with Gasteiger partial charge < -0.3 is 10.6 Å². The van der Waals surface area contributed by atoms with Crippen LogP contribution in [0.15, 0.2) is 24.3 Å². The number of rotatable bonds is 7. The molecule has 9 heteroatoms. The molecule has 2 rings (SSSR count). The Kier molecular flexibility index (Phi) is 5.54. The second-order valence-corrected chi connectivity index (χ2v) is 7.73. The lowest BCUT2D eigenvalue weighted by Gasteiger charge is -2.11. The van der Waals surface area contributed by atoms with Gasteiger partial charge in [-0.15, -0.1) is 0 Å². The van der Waals surface area contributed by atoms with Crippen molar-refractivity contribution in [2.75, 3.05) is 23.4 Å². The molecule has 1 aromatic rings. The average molecular weight is 341 g/mol. The largest absolute Gasteiger partial charge is 0.385 e. The van der Waals surface area contributed by atoms with Crippen molar-refractivity contribution in [2.24, 2.45) is 0 Å². The zero-order chi connectivity index (χ0) is 16.9. The van der Waals surface area contributed by atoms with Crippen molar-refractivity contribution in [1.29, 1.82) is 0 Å². The number of nitro benzene ring substituents is 1. The molecule has 2 N–H and O–H groups in total. The highest BCUT2D eigenvalue weighted by Gasteiger charge is 2.28. The molecule has 8 nitrogen and oxygen atoms in total. The first-order chi connectivity index (χ1) is 10.9. The molecule has 0 radical (unpaired) electrons. The third kappa shape index (κ3) is 5.51. The summed E-state index contributed by atoms with van der Waals surface area (Å²) in [6, 6.07) is 5.78. The van der Waals surface area contributed by atoms with Gasteiger partial charge in [0, 0.05) is 36.8 Å². The molecule has 1 fully saturated rings.